The van der Waals surface area contributed by atoms with E-state index in [9.17, 15) is 15.2 Å². The molecule has 0 spiro atoms. The van der Waals surface area contributed by atoms with Gasteiger partial charge in [-0.2, -0.15) is 5.23 Å². The molecule has 1 amide bonds. The summed E-state index contributed by atoms with van der Waals surface area (Å²) in [5, 5.41) is 20.5. The average molecular weight is 386 g/mol. The average Bonchev–Trinajstić information content (AvgIpc) is 3.11. The summed E-state index contributed by atoms with van der Waals surface area (Å²) < 4.78 is 1.86. The first-order valence-corrected chi connectivity index (χ1v) is 10.3. The molecular weight excluding hydrogens is 356 g/mol. The predicted molar refractivity (Wildman–Crippen MR) is 107 cm³/mol. The van der Waals surface area contributed by atoms with Gasteiger partial charge >= 0.3 is 0 Å². The van der Waals surface area contributed by atoms with Crippen LogP contribution < -0.4 is 5.23 Å². The number of hydrogen-bond donors (Lipinski definition) is 2. The van der Waals surface area contributed by atoms with E-state index in [-0.39, 0.29) is 18.1 Å². The number of carbonyl (C=O) groups is 1. The Morgan fingerprint density at radius 2 is 2.07 bits per heavy atom. The molecule has 1 unspecified atom stereocenters. The standard InChI is InChI=1S/C21H30N4O3/c1-22(14-16-6-5-12-23-11-3-2-7-18(16)23)21(26)15-24-13-10-17-19(24)8-4-9-20(17)25(27)28/h4,8-10,13,16,18,25,27H,2-3,5-7,11-12,14-15H2,1H3/t16-,18+/m0/s1. The van der Waals surface area contributed by atoms with Crippen LogP contribution >= 0.6 is 0 Å². The second-order valence-corrected chi connectivity index (χ2v) is 8.26. The number of quaternary nitrogens is 1. The van der Waals surface area contributed by atoms with Crippen molar-refractivity contribution in [3.63, 3.8) is 0 Å². The van der Waals surface area contributed by atoms with Gasteiger partial charge < -0.3 is 19.6 Å². The van der Waals surface area contributed by atoms with E-state index in [1.165, 1.54) is 45.2 Å². The lowest BCUT2D eigenvalue weighted by atomic mass is 9.83. The molecule has 152 valence electrons. The zero-order valence-electron chi connectivity index (χ0n) is 16.5. The molecule has 2 aliphatic heterocycles. The fourth-order valence-electron chi connectivity index (χ4n) is 5.06. The van der Waals surface area contributed by atoms with Crippen LogP contribution in [-0.2, 0) is 11.3 Å². The highest BCUT2D eigenvalue weighted by Gasteiger charge is 2.34. The van der Waals surface area contributed by atoms with Crippen molar-refractivity contribution in [1.29, 1.82) is 0 Å². The maximum atomic E-state index is 12.9. The van der Waals surface area contributed by atoms with Crippen molar-refractivity contribution in [2.75, 3.05) is 26.7 Å². The highest BCUT2D eigenvalue weighted by molar-refractivity contribution is 5.90. The van der Waals surface area contributed by atoms with Crippen molar-refractivity contribution >= 4 is 22.5 Å². The SMILES string of the molecule is CN(C[C@@H]1CCCN2CCCC[C@H]12)C(=O)Cn1ccc2c([NH+]([O-])O)cccc21. The minimum atomic E-state index is -0.943. The van der Waals surface area contributed by atoms with E-state index in [2.05, 4.69) is 4.90 Å². The molecule has 2 saturated heterocycles. The van der Waals surface area contributed by atoms with E-state index in [1.54, 1.807) is 18.2 Å². The summed E-state index contributed by atoms with van der Waals surface area (Å²) in [4.78, 5) is 17.4. The summed E-state index contributed by atoms with van der Waals surface area (Å²) in [5.74, 6) is 0.634. The molecule has 0 bridgehead atoms. The molecule has 2 aromatic rings. The number of aromatic nitrogens is 1. The van der Waals surface area contributed by atoms with E-state index in [0.717, 1.165) is 12.1 Å². The molecule has 2 fully saturated rings. The largest absolute Gasteiger partial charge is 0.595 e. The number of amides is 1. The monoisotopic (exact) mass is 386 g/mol. The molecule has 0 aliphatic carbocycles. The molecule has 7 heteroatoms. The number of rotatable bonds is 5. The maximum absolute atomic E-state index is 12.9. The quantitative estimate of drug-likeness (QED) is 0.768. The third-order valence-electron chi connectivity index (χ3n) is 6.51. The van der Waals surface area contributed by atoms with Crippen molar-refractivity contribution in [2.45, 2.75) is 44.7 Å². The molecule has 7 nitrogen and oxygen atoms in total. The van der Waals surface area contributed by atoms with E-state index >= 15 is 0 Å². The first-order chi connectivity index (χ1) is 13.5. The van der Waals surface area contributed by atoms with Crippen molar-refractivity contribution in [3.05, 3.63) is 35.7 Å². The Hall–Kier alpha value is -1.93. The van der Waals surface area contributed by atoms with Crippen LogP contribution in [0.4, 0.5) is 5.69 Å². The lowest BCUT2D eigenvalue weighted by Gasteiger charge is -2.45. The van der Waals surface area contributed by atoms with Crippen molar-refractivity contribution in [1.82, 2.24) is 14.4 Å². The smallest absolute Gasteiger partial charge is 0.242 e. The number of carbonyl (C=O) groups excluding carboxylic acids is 1. The Bertz CT molecular complexity index is 832. The van der Waals surface area contributed by atoms with Gasteiger partial charge in [0, 0.05) is 31.9 Å². The van der Waals surface area contributed by atoms with Crippen molar-refractivity contribution in [2.24, 2.45) is 5.92 Å². The Morgan fingerprint density at radius 3 is 2.89 bits per heavy atom. The van der Waals surface area contributed by atoms with Crippen LogP contribution in [0.1, 0.15) is 32.1 Å². The molecule has 3 atom stereocenters. The number of nitrogens with zero attached hydrogens (tertiary/aromatic N) is 3. The van der Waals surface area contributed by atoms with Gasteiger partial charge in [0.2, 0.25) is 5.91 Å². The highest BCUT2D eigenvalue weighted by atomic mass is 16.8. The van der Waals surface area contributed by atoms with Gasteiger partial charge in [-0.3, -0.25) is 4.79 Å². The molecule has 2 aliphatic rings. The summed E-state index contributed by atoms with van der Waals surface area (Å²) >= 11 is 0. The van der Waals surface area contributed by atoms with Gasteiger partial charge in [0.15, 0.2) is 5.69 Å². The van der Waals surface area contributed by atoms with Gasteiger partial charge in [-0.05, 0) is 56.8 Å². The van der Waals surface area contributed by atoms with Gasteiger partial charge in [0.05, 0.1) is 10.9 Å². The molecular formula is C21H30N4O3. The van der Waals surface area contributed by atoms with Crippen LogP contribution in [0.15, 0.2) is 30.5 Å². The second-order valence-electron chi connectivity index (χ2n) is 8.26. The lowest BCUT2D eigenvalue weighted by molar-refractivity contribution is -0.990. The molecule has 3 heterocycles. The molecule has 0 radical (unpaired) electrons. The van der Waals surface area contributed by atoms with Crippen LogP contribution in [0.5, 0.6) is 0 Å². The van der Waals surface area contributed by atoms with Crippen LogP contribution in [0.2, 0.25) is 0 Å². The lowest BCUT2D eigenvalue weighted by Crippen LogP contribution is -2.99. The number of fused-ring (bicyclic) bond motifs is 2. The zero-order valence-corrected chi connectivity index (χ0v) is 16.5. The Balaban J connectivity index is 1.43. The fourth-order valence-corrected chi connectivity index (χ4v) is 5.06. The Morgan fingerprint density at radius 1 is 1.25 bits per heavy atom. The van der Waals surface area contributed by atoms with Crippen LogP contribution in [-0.4, -0.2) is 58.2 Å². The molecule has 4 rings (SSSR count). The number of piperidine rings is 2. The van der Waals surface area contributed by atoms with Gasteiger partial charge in [-0.15, -0.1) is 0 Å². The van der Waals surface area contributed by atoms with Crippen LogP contribution in [0.3, 0.4) is 0 Å². The maximum Gasteiger partial charge on any atom is 0.242 e. The van der Waals surface area contributed by atoms with E-state index in [1.807, 2.05) is 28.8 Å². The molecule has 2 N–H and O–H groups in total. The second kappa shape index (κ2) is 8.21. The first-order valence-electron chi connectivity index (χ1n) is 10.3. The highest BCUT2D eigenvalue weighted by Crippen LogP contribution is 2.31. The molecule has 1 aromatic heterocycles. The van der Waals surface area contributed by atoms with Crippen LogP contribution in [0, 0.1) is 11.1 Å². The van der Waals surface area contributed by atoms with Gasteiger partial charge in [0.1, 0.15) is 6.54 Å². The number of hydrogen-bond acceptors (Lipinski definition) is 4. The third-order valence-corrected chi connectivity index (χ3v) is 6.51. The van der Waals surface area contributed by atoms with Gasteiger partial charge in [-0.25, -0.2) is 5.21 Å². The van der Waals surface area contributed by atoms with E-state index in [4.69, 9.17) is 0 Å². The third kappa shape index (κ3) is 3.80. The van der Waals surface area contributed by atoms with Crippen molar-refractivity contribution < 1.29 is 15.2 Å². The van der Waals surface area contributed by atoms with E-state index < -0.39 is 5.23 Å². The minimum absolute atomic E-state index is 0.0751. The van der Waals surface area contributed by atoms with E-state index in [0.29, 0.717) is 17.3 Å². The first kappa shape index (κ1) is 19.4. The van der Waals surface area contributed by atoms with Gasteiger partial charge in [-0.1, -0.05) is 12.5 Å². The molecule has 28 heavy (non-hydrogen) atoms. The number of benzene rings is 1. The number of likely N-dealkylation sites (N-methyl/N-ethyl adjacent to an activating group) is 1. The topological polar surface area (TPSA) is 76.2 Å². The minimum Gasteiger partial charge on any atom is -0.595 e. The normalized spacial score (nSPS) is 24.1. The summed E-state index contributed by atoms with van der Waals surface area (Å²) in [7, 11) is 1.90. The van der Waals surface area contributed by atoms with Gasteiger partial charge in [0.25, 0.3) is 0 Å². The van der Waals surface area contributed by atoms with Crippen molar-refractivity contribution in [3.8, 4) is 0 Å². The summed E-state index contributed by atoms with van der Waals surface area (Å²) in [6.07, 6.45) is 8.10. The van der Waals surface area contributed by atoms with Crippen LogP contribution in [0.25, 0.3) is 10.9 Å². The number of nitrogens with one attached hydrogen (secondary N) is 1. The Labute approximate surface area is 165 Å². The molecule has 1 aromatic carbocycles. The zero-order chi connectivity index (χ0) is 19.7. The molecule has 0 saturated carbocycles. The predicted octanol–water partition coefficient (Wildman–Crippen LogP) is 1.77. The Kier molecular flexibility index (Phi) is 5.68. The fraction of sp³-hybridized carbons (Fsp3) is 0.571. The summed E-state index contributed by atoms with van der Waals surface area (Å²) in [6.45, 7) is 3.46. The summed E-state index contributed by atoms with van der Waals surface area (Å²) in [5.41, 5.74) is 1.06. The summed E-state index contributed by atoms with van der Waals surface area (Å²) in [6, 6.07) is 7.62.